The van der Waals surface area contributed by atoms with E-state index in [0.717, 1.165) is 5.39 Å². The van der Waals surface area contributed by atoms with Crippen LogP contribution in [0.2, 0.25) is 0 Å². The van der Waals surface area contributed by atoms with Crippen molar-refractivity contribution in [3.05, 3.63) is 60.3 Å². The summed E-state index contributed by atoms with van der Waals surface area (Å²) in [6.45, 7) is -0.189. The third-order valence-corrected chi connectivity index (χ3v) is 3.56. The Hall–Kier alpha value is -3.61. The summed E-state index contributed by atoms with van der Waals surface area (Å²) >= 11 is 0. The molecule has 1 aromatic heterocycles. The summed E-state index contributed by atoms with van der Waals surface area (Å²) < 4.78 is 10.5. The van der Waals surface area contributed by atoms with Gasteiger partial charge in [-0.25, -0.2) is 5.43 Å². The standard InChI is InChI=1S/C19H17N3O4/c1-25-17-10-13(7-8-15(17)23)11-21-22-18(24)12-26-16-6-2-4-14-5-3-9-20-19(14)16/h2-11,23H,12H2,1H3,(H,22,24)/b21-11+. The van der Waals surface area contributed by atoms with Crippen LogP contribution in [0.15, 0.2) is 59.8 Å². The zero-order chi connectivity index (χ0) is 18.4. The number of hydrogen-bond donors (Lipinski definition) is 2. The van der Waals surface area contributed by atoms with Crippen LogP contribution in [-0.4, -0.2) is 35.9 Å². The molecule has 26 heavy (non-hydrogen) atoms. The van der Waals surface area contributed by atoms with E-state index < -0.39 is 5.91 Å². The molecule has 0 aliphatic heterocycles. The van der Waals surface area contributed by atoms with Crippen LogP contribution in [0, 0.1) is 0 Å². The summed E-state index contributed by atoms with van der Waals surface area (Å²) in [7, 11) is 1.46. The number of hydrazone groups is 1. The molecule has 0 saturated heterocycles. The lowest BCUT2D eigenvalue weighted by molar-refractivity contribution is -0.123. The maximum Gasteiger partial charge on any atom is 0.277 e. The van der Waals surface area contributed by atoms with E-state index >= 15 is 0 Å². The summed E-state index contributed by atoms with van der Waals surface area (Å²) in [6.07, 6.45) is 3.12. The second-order valence-electron chi connectivity index (χ2n) is 5.34. The molecule has 0 fully saturated rings. The smallest absolute Gasteiger partial charge is 0.277 e. The van der Waals surface area contributed by atoms with Gasteiger partial charge in [-0.3, -0.25) is 9.78 Å². The lowest BCUT2D eigenvalue weighted by atomic mass is 10.2. The molecule has 7 heteroatoms. The van der Waals surface area contributed by atoms with Crippen molar-refractivity contribution in [2.45, 2.75) is 0 Å². The summed E-state index contributed by atoms with van der Waals surface area (Å²) in [4.78, 5) is 16.2. The predicted octanol–water partition coefficient (Wildman–Crippen LogP) is 2.48. The van der Waals surface area contributed by atoms with Crippen LogP contribution < -0.4 is 14.9 Å². The van der Waals surface area contributed by atoms with E-state index in [4.69, 9.17) is 9.47 Å². The van der Waals surface area contributed by atoms with Gasteiger partial charge in [0.25, 0.3) is 5.91 Å². The van der Waals surface area contributed by atoms with Crippen LogP contribution in [-0.2, 0) is 4.79 Å². The maximum absolute atomic E-state index is 11.9. The number of carbonyl (C=O) groups excluding carboxylic acids is 1. The molecule has 2 aromatic carbocycles. The Morgan fingerprint density at radius 3 is 2.92 bits per heavy atom. The van der Waals surface area contributed by atoms with Crippen LogP contribution >= 0.6 is 0 Å². The number of methoxy groups -OCH3 is 1. The molecule has 0 aliphatic carbocycles. The van der Waals surface area contributed by atoms with Crippen LogP contribution in [0.3, 0.4) is 0 Å². The van der Waals surface area contributed by atoms with Gasteiger partial charge in [0.2, 0.25) is 0 Å². The van der Waals surface area contributed by atoms with Gasteiger partial charge >= 0.3 is 0 Å². The molecule has 0 spiro atoms. The number of pyridine rings is 1. The van der Waals surface area contributed by atoms with E-state index in [1.807, 2.05) is 24.3 Å². The molecule has 0 radical (unpaired) electrons. The lowest BCUT2D eigenvalue weighted by Gasteiger charge is -2.07. The number of nitrogens with zero attached hydrogens (tertiary/aromatic N) is 2. The van der Waals surface area contributed by atoms with Gasteiger partial charge in [0, 0.05) is 11.6 Å². The van der Waals surface area contributed by atoms with Gasteiger partial charge in [0.15, 0.2) is 18.1 Å². The van der Waals surface area contributed by atoms with Crippen LogP contribution in [0.25, 0.3) is 10.9 Å². The first-order valence-electron chi connectivity index (χ1n) is 7.83. The molecule has 0 atom stereocenters. The van der Waals surface area contributed by atoms with Crippen molar-refractivity contribution in [1.82, 2.24) is 10.4 Å². The average molecular weight is 351 g/mol. The van der Waals surface area contributed by atoms with Crippen molar-refractivity contribution in [3.8, 4) is 17.2 Å². The normalized spacial score (nSPS) is 10.8. The highest BCUT2D eigenvalue weighted by molar-refractivity contribution is 5.86. The first-order valence-corrected chi connectivity index (χ1v) is 7.83. The molecular weight excluding hydrogens is 334 g/mol. The molecule has 0 aliphatic rings. The van der Waals surface area contributed by atoms with E-state index in [1.54, 1.807) is 24.4 Å². The molecular formula is C19H17N3O4. The van der Waals surface area contributed by atoms with Gasteiger partial charge in [-0.15, -0.1) is 0 Å². The van der Waals surface area contributed by atoms with E-state index in [-0.39, 0.29) is 12.4 Å². The number of nitrogens with one attached hydrogen (secondary N) is 1. The highest BCUT2D eigenvalue weighted by atomic mass is 16.5. The van der Waals surface area contributed by atoms with E-state index in [1.165, 1.54) is 19.4 Å². The first kappa shape index (κ1) is 17.2. The fraction of sp³-hybridized carbons (Fsp3) is 0.105. The number of hydrogen-bond acceptors (Lipinski definition) is 6. The Bertz CT molecular complexity index is 951. The minimum absolute atomic E-state index is 0.0331. The third kappa shape index (κ3) is 4.07. The predicted molar refractivity (Wildman–Crippen MR) is 97.6 cm³/mol. The summed E-state index contributed by atoms with van der Waals surface area (Å²) in [6, 6.07) is 14.0. The number of carbonyl (C=O) groups is 1. The highest BCUT2D eigenvalue weighted by Crippen LogP contribution is 2.25. The number of aromatic nitrogens is 1. The Morgan fingerprint density at radius 1 is 1.23 bits per heavy atom. The molecule has 132 valence electrons. The second kappa shape index (κ2) is 7.98. The number of para-hydroxylation sites is 1. The minimum Gasteiger partial charge on any atom is -0.504 e. The zero-order valence-electron chi connectivity index (χ0n) is 14.0. The highest BCUT2D eigenvalue weighted by Gasteiger charge is 2.06. The maximum atomic E-state index is 11.9. The molecule has 1 heterocycles. The zero-order valence-corrected chi connectivity index (χ0v) is 14.0. The van der Waals surface area contributed by atoms with E-state index in [2.05, 4.69) is 15.5 Å². The third-order valence-electron chi connectivity index (χ3n) is 3.56. The number of phenols is 1. The minimum atomic E-state index is -0.403. The molecule has 3 aromatic rings. The van der Waals surface area contributed by atoms with Crippen LogP contribution in [0.4, 0.5) is 0 Å². The number of phenolic OH excluding ortho intramolecular Hbond substituents is 1. The van der Waals surface area contributed by atoms with Crippen LogP contribution in [0.1, 0.15) is 5.56 Å². The number of aromatic hydroxyl groups is 1. The number of fused-ring (bicyclic) bond motifs is 1. The largest absolute Gasteiger partial charge is 0.504 e. The van der Waals surface area contributed by atoms with Crippen molar-refractivity contribution in [1.29, 1.82) is 0 Å². The quantitative estimate of drug-likeness (QED) is 0.526. The van der Waals surface area contributed by atoms with E-state index in [9.17, 15) is 9.90 Å². The molecule has 1 amide bonds. The topological polar surface area (TPSA) is 93.0 Å². The van der Waals surface area contributed by atoms with Gasteiger partial charge < -0.3 is 14.6 Å². The number of rotatable bonds is 6. The Balaban J connectivity index is 1.57. The molecule has 0 saturated carbocycles. The van der Waals surface area contributed by atoms with Crippen molar-refractivity contribution in [2.75, 3.05) is 13.7 Å². The number of ether oxygens (including phenoxy) is 2. The van der Waals surface area contributed by atoms with Gasteiger partial charge in [-0.2, -0.15) is 5.10 Å². The summed E-state index contributed by atoms with van der Waals surface area (Å²) in [5.41, 5.74) is 3.75. The fourth-order valence-electron chi connectivity index (χ4n) is 2.32. The SMILES string of the molecule is COc1cc(/C=N/NC(=O)COc2cccc3cccnc23)ccc1O. The van der Waals surface area contributed by atoms with Gasteiger partial charge in [0.1, 0.15) is 11.3 Å². The van der Waals surface area contributed by atoms with Crippen molar-refractivity contribution >= 4 is 23.0 Å². The molecule has 3 rings (SSSR count). The molecule has 0 unspecified atom stereocenters. The average Bonchev–Trinajstić information content (AvgIpc) is 2.67. The number of benzene rings is 2. The monoisotopic (exact) mass is 351 g/mol. The summed E-state index contributed by atoms with van der Waals surface area (Å²) in [5.74, 6) is 0.489. The molecule has 7 nitrogen and oxygen atoms in total. The van der Waals surface area contributed by atoms with Crippen molar-refractivity contribution in [3.63, 3.8) is 0 Å². The summed E-state index contributed by atoms with van der Waals surface area (Å²) in [5, 5.41) is 14.3. The second-order valence-corrected chi connectivity index (χ2v) is 5.34. The van der Waals surface area contributed by atoms with Gasteiger partial charge in [-0.1, -0.05) is 18.2 Å². The van der Waals surface area contributed by atoms with E-state index in [0.29, 0.717) is 22.6 Å². The Morgan fingerprint density at radius 2 is 2.08 bits per heavy atom. The Kier molecular flexibility index (Phi) is 5.28. The van der Waals surface area contributed by atoms with Crippen molar-refractivity contribution in [2.24, 2.45) is 5.10 Å². The fourth-order valence-corrected chi connectivity index (χ4v) is 2.32. The number of amides is 1. The van der Waals surface area contributed by atoms with Crippen molar-refractivity contribution < 1.29 is 19.4 Å². The van der Waals surface area contributed by atoms with Gasteiger partial charge in [-0.05, 0) is 35.9 Å². The first-order chi connectivity index (χ1) is 12.7. The molecule has 0 bridgehead atoms. The Labute approximate surface area is 149 Å². The van der Waals surface area contributed by atoms with Crippen LogP contribution in [0.5, 0.6) is 17.2 Å². The van der Waals surface area contributed by atoms with Gasteiger partial charge in [0.05, 0.1) is 13.3 Å². The lowest BCUT2D eigenvalue weighted by Crippen LogP contribution is -2.24. The molecule has 2 N–H and O–H groups in total.